The number of para-hydroxylation sites is 1. The molecular formula is C21H22N2O4S. The number of thiazole rings is 1. The van der Waals surface area contributed by atoms with Gasteiger partial charge in [0.05, 0.1) is 23.1 Å². The maximum atomic E-state index is 11.6. The second-order valence-corrected chi connectivity index (χ2v) is 7.75. The molecule has 28 heavy (non-hydrogen) atoms. The number of nitrogens with zero attached hydrogens (tertiary/aromatic N) is 2. The fourth-order valence-corrected chi connectivity index (χ4v) is 4.16. The van der Waals surface area contributed by atoms with Crippen molar-refractivity contribution < 1.29 is 19.4 Å². The number of rotatable bonds is 7. The Morgan fingerprint density at radius 2 is 2.21 bits per heavy atom. The number of aromatic nitrogens is 2. The molecule has 6 nitrogen and oxygen atoms in total. The van der Waals surface area contributed by atoms with Gasteiger partial charge in [-0.05, 0) is 38.0 Å². The van der Waals surface area contributed by atoms with E-state index in [-0.39, 0.29) is 6.10 Å². The normalized spacial score (nSPS) is 16.4. The Hall–Kier alpha value is -2.64. The molecule has 1 aliphatic rings. The Morgan fingerprint density at radius 1 is 1.39 bits per heavy atom. The van der Waals surface area contributed by atoms with Gasteiger partial charge in [0.15, 0.2) is 0 Å². The number of ether oxygens (including phenoxy) is 2. The van der Waals surface area contributed by atoms with E-state index in [1.54, 1.807) is 6.07 Å². The molecule has 3 heterocycles. The van der Waals surface area contributed by atoms with Crippen molar-refractivity contribution in [2.24, 2.45) is 0 Å². The average Bonchev–Trinajstić information content (AvgIpc) is 3.43. The van der Waals surface area contributed by atoms with Gasteiger partial charge in [0.25, 0.3) is 0 Å². The molecule has 0 radical (unpaired) electrons. The lowest BCUT2D eigenvalue weighted by Gasteiger charge is -2.15. The van der Waals surface area contributed by atoms with Crippen LogP contribution >= 0.6 is 11.3 Å². The number of carbonyl (C=O) groups is 1. The molecule has 0 saturated carbocycles. The summed E-state index contributed by atoms with van der Waals surface area (Å²) in [5.74, 6) is -0.127. The maximum Gasteiger partial charge on any atom is 0.337 e. The molecule has 1 fully saturated rings. The maximum absolute atomic E-state index is 11.6. The first kappa shape index (κ1) is 18.7. The van der Waals surface area contributed by atoms with E-state index in [1.165, 1.54) is 11.3 Å². The van der Waals surface area contributed by atoms with Crippen molar-refractivity contribution in [1.82, 2.24) is 9.55 Å². The van der Waals surface area contributed by atoms with Gasteiger partial charge in [0.1, 0.15) is 17.4 Å². The Balaban J connectivity index is 1.58. The first-order valence-corrected chi connectivity index (χ1v) is 10.2. The molecule has 1 N–H and O–H groups in total. The molecule has 0 amide bonds. The largest absolute Gasteiger partial charge is 0.486 e. The third-order valence-electron chi connectivity index (χ3n) is 4.93. The lowest BCUT2D eigenvalue weighted by atomic mass is 10.2. The zero-order chi connectivity index (χ0) is 19.5. The van der Waals surface area contributed by atoms with Gasteiger partial charge in [-0.1, -0.05) is 18.2 Å². The Labute approximate surface area is 167 Å². The summed E-state index contributed by atoms with van der Waals surface area (Å²) in [6, 6.07) is 11.3. The molecular weight excluding hydrogens is 376 g/mol. The van der Waals surface area contributed by atoms with Crippen molar-refractivity contribution in [1.29, 1.82) is 0 Å². The summed E-state index contributed by atoms with van der Waals surface area (Å²) < 4.78 is 13.6. The van der Waals surface area contributed by atoms with Gasteiger partial charge in [-0.15, -0.1) is 11.3 Å². The third-order valence-corrected chi connectivity index (χ3v) is 5.75. The summed E-state index contributed by atoms with van der Waals surface area (Å²) in [6.07, 6.45) is 2.15. The van der Waals surface area contributed by atoms with Crippen molar-refractivity contribution in [2.75, 3.05) is 6.61 Å². The predicted molar refractivity (Wildman–Crippen MR) is 107 cm³/mol. The molecule has 1 atom stereocenters. The van der Waals surface area contributed by atoms with Crippen LogP contribution in [0.5, 0.6) is 5.75 Å². The topological polar surface area (TPSA) is 73.6 Å². The summed E-state index contributed by atoms with van der Waals surface area (Å²) in [7, 11) is 0. The number of hydrogen-bond acceptors (Lipinski definition) is 5. The van der Waals surface area contributed by atoms with Crippen molar-refractivity contribution in [3.8, 4) is 17.1 Å². The number of benzene rings is 1. The van der Waals surface area contributed by atoms with Crippen molar-refractivity contribution in [3.63, 3.8) is 0 Å². The highest BCUT2D eigenvalue weighted by Crippen LogP contribution is 2.29. The number of aromatic carboxylic acids is 1. The monoisotopic (exact) mass is 398 g/mol. The van der Waals surface area contributed by atoms with Gasteiger partial charge in [-0.25, -0.2) is 9.78 Å². The third kappa shape index (κ3) is 3.95. The molecule has 7 heteroatoms. The molecule has 3 aromatic rings. The van der Waals surface area contributed by atoms with Gasteiger partial charge >= 0.3 is 5.97 Å². The fraction of sp³-hybridized carbons (Fsp3) is 0.333. The molecule has 1 unspecified atom stereocenters. The van der Waals surface area contributed by atoms with Crippen LogP contribution in [-0.2, 0) is 17.9 Å². The van der Waals surface area contributed by atoms with Crippen LogP contribution in [0.25, 0.3) is 11.4 Å². The molecule has 2 aromatic heterocycles. The highest BCUT2D eigenvalue weighted by molar-refractivity contribution is 7.09. The quantitative estimate of drug-likeness (QED) is 0.639. The zero-order valence-electron chi connectivity index (χ0n) is 15.6. The minimum absolute atomic E-state index is 0.117. The molecule has 4 rings (SSSR count). The highest BCUT2D eigenvalue weighted by Gasteiger charge is 2.23. The van der Waals surface area contributed by atoms with Crippen LogP contribution < -0.4 is 4.74 Å². The molecule has 0 spiro atoms. The van der Waals surface area contributed by atoms with Crippen molar-refractivity contribution in [3.05, 3.63) is 58.0 Å². The Bertz CT molecular complexity index is 958. The van der Waals surface area contributed by atoms with Crippen molar-refractivity contribution >= 4 is 17.3 Å². The van der Waals surface area contributed by atoms with E-state index in [9.17, 15) is 9.90 Å². The number of carboxylic acid groups (broad SMARTS) is 1. The first-order chi connectivity index (χ1) is 13.6. The first-order valence-electron chi connectivity index (χ1n) is 9.29. The van der Waals surface area contributed by atoms with Gasteiger partial charge in [0.2, 0.25) is 0 Å². The van der Waals surface area contributed by atoms with Gasteiger partial charge in [0, 0.05) is 24.2 Å². The lowest BCUT2D eigenvalue weighted by Crippen LogP contribution is -2.17. The highest BCUT2D eigenvalue weighted by atomic mass is 32.1. The lowest BCUT2D eigenvalue weighted by molar-refractivity contribution is 0.0694. The number of carboxylic acids is 1. The second-order valence-electron chi connectivity index (χ2n) is 6.81. The van der Waals surface area contributed by atoms with E-state index in [0.29, 0.717) is 18.7 Å². The molecule has 146 valence electrons. The van der Waals surface area contributed by atoms with Crippen LogP contribution in [-0.4, -0.2) is 33.3 Å². The predicted octanol–water partition coefficient (Wildman–Crippen LogP) is 4.38. The smallest absolute Gasteiger partial charge is 0.337 e. The zero-order valence-corrected chi connectivity index (χ0v) is 16.4. The van der Waals surface area contributed by atoms with E-state index in [4.69, 9.17) is 9.47 Å². The van der Waals surface area contributed by atoms with Crippen LogP contribution in [0.1, 0.15) is 33.9 Å². The SMILES string of the molecule is Cc1c(C(=O)O)cc(-c2csc(COc3ccccc3)n2)n1CC1CCCO1. The fourth-order valence-electron chi connectivity index (χ4n) is 3.46. The minimum atomic E-state index is -0.923. The van der Waals surface area contributed by atoms with Crippen LogP contribution in [0, 0.1) is 6.92 Å². The summed E-state index contributed by atoms with van der Waals surface area (Å²) in [5, 5.41) is 12.3. The van der Waals surface area contributed by atoms with E-state index in [1.807, 2.05) is 47.2 Å². The summed E-state index contributed by atoms with van der Waals surface area (Å²) in [4.78, 5) is 16.3. The van der Waals surface area contributed by atoms with Crippen LogP contribution in [0.3, 0.4) is 0 Å². The average molecular weight is 398 g/mol. The van der Waals surface area contributed by atoms with E-state index < -0.39 is 5.97 Å². The molecule has 1 aromatic carbocycles. The van der Waals surface area contributed by atoms with Gasteiger partial charge in [-0.3, -0.25) is 0 Å². The summed E-state index contributed by atoms with van der Waals surface area (Å²) in [6.45, 7) is 3.63. The second kappa shape index (κ2) is 8.16. The Kier molecular flexibility index (Phi) is 5.45. The van der Waals surface area contributed by atoms with E-state index in [0.717, 1.165) is 47.3 Å². The Morgan fingerprint density at radius 3 is 2.93 bits per heavy atom. The van der Waals surface area contributed by atoms with Crippen molar-refractivity contribution in [2.45, 2.75) is 39.0 Å². The standard InChI is InChI=1S/C21H22N2O4S/c1-14-17(21(24)25)10-19(23(14)11-16-8-5-9-26-16)18-13-28-20(22-18)12-27-15-6-3-2-4-7-15/h2-4,6-7,10,13,16H,5,8-9,11-12H2,1H3,(H,24,25). The van der Waals surface area contributed by atoms with Crippen LogP contribution in [0.4, 0.5) is 0 Å². The van der Waals surface area contributed by atoms with E-state index in [2.05, 4.69) is 4.98 Å². The molecule has 0 aliphatic carbocycles. The van der Waals surface area contributed by atoms with Crippen LogP contribution in [0.15, 0.2) is 41.8 Å². The minimum Gasteiger partial charge on any atom is -0.486 e. The van der Waals surface area contributed by atoms with Crippen LogP contribution in [0.2, 0.25) is 0 Å². The molecule has 1 aliphatic heterocycles. The number of hydrogen-bond donors (Lipinski definition) is 1. The molecule has 0 bridgehead atoms. The summed E-state index contributed by atoms with van der Waals surface area (Å²) in [5.41, 5.74) is 2.62. The van der Waals surface area contributed by atoms with Gasteiger partial charge < -0.3 is 19.1 Å². The van der Waals surface area contributed by atoms with E-state index >= 15 is 0 Å². The molecule has 1 saturated heterocycles. The van der Waals surface area contributed by atoms with Gasteiger partial charge in [-0.2, -0.15) is 0 Å². The summed E-state index contributed by atoms with van der Waals surface area (Å²) >= 11 is 1.51.